The molecular formula is C6H15NO4S. The van der Waals surface area contributed by atoms with E-state index in [4.69, 9.17) is 4.74 Å². The van der Waals surface area contributed by atoms with Crippen LogP contribution in [-0.4, -0.2) is 46.5 Å². The lowest BCUT2D eigenvalue weighted by atomic mass is 10.5. The van der Waals surface area contributed by atoms with Crippen LogP contribution in [0.1, 0.15) is 6.42 Å². The fourth-order valence-corrected chi connectivity index (χ4v) is 1.59. The van der Waals surface area contributed by atoms with Crippen molar-refractivity contribution >= 4 is 10.0 Å². The molecule has 0 aliphatic rings. The van der Waals surface area contributed by atoms with E-state index in [0.717, 1.165) is 4.47 Å². The van der Waals surface area contributed by atoms with Gasteiger partial charge in [-0.25, -0.2) is 8.42 Å². The van der Waals surface area contributed by atoms with Crippen molar-refractivity contribution in [1.29, 1.82) is 0 Å². The second-order valence-electron chi connectivity index (χ2n) is 2.25. The third-order valence-corrected chi connectivity index (χ3v) is 3.14. The van der Waals surface area contributed by atoms with Crippen molar-refractivity contribution in [3.63, 3.8) is 0 Å². The molecule has 0 unspecified atom stereocenters. The van der Waals surface area contributed by atoms with E-state index in [1.807, 2.05) is 0 Å². The monoisotopic (exact) mass is 197 g/mol. The minimum absolute atomic E-state index is 0.0468. The summed E-state index contributed by atoms with van der Waals surface area (Å²) in [6, 6.07) is 0. The van der Waals surface area contributed by atoms with E-state index < -0.39 is 10.0 Å². The van der Waals surface area contributed by atoms with Crippen LogP contribution >= 0.6 is 0 Å². The number of hydrogen-bond donors (Lipinski definition) is 0. The van der Waals surface area contributed by atoms with Crippen LogP contribution in [0.4, 0.5) is 0 Å². The zero-order chi connectivity index (χ0) is 9.61. The van der Waals surface area contributed by atoms with Crippen molar-refractivity contribution in [3.8, 4) is 0 Å². The Hall–Kier alpha value is -0.170. The summed E-state index contributed by atoms with van der Waals surface area (Å²) in [6.45, 7) is 0.441. The van der Waals surface area contributed by atoms with E-state index in [-0.39, 0.29) is 5.75 Å². The Morgan fingerprint density at radius 2 is 1.92 bits per heavy atom. The zero-order valence-electron chi connectivity index (χ0n) is 7.61. The molecule has 0 aromatic heterocycles. The third kappa shape index (κ3) is 4.01. The van der Waals surface area contributed by atoms with Gasteiger partial charge in [-0.3, -0.25) is 4.84 Å². The Balaban J connectivity index is 3.88. The Morgan fingerprint density at radius 3 is 2.33 bits per heavy atom. The first-order chi connectivity index (χ1) is 5.54. The van der Waals surface area contributed by atoms with Crippen molar-refractivity contribution < 1.29 is 18.0 Å². The van der Waals surface area contributed by atoms with Gasteiger partial charge in [0.1, 0.15) is 0 Å². The summed E-state index contributed by atoms with van der Waals surface area (Å²) in [4.78, 5) is 4.55. The zero-order valence-corrected chi connectivity index (χ0v) is 8.43. The number of hydrogen-bond acceptors (Lipinski definition) is 4. The first-order valence-electron chi connectivity index (χ1n) is 3.54. The maximum atomic E-state index is 11.2. The fourth-order valence-electron chi connectivity index (χ4n) is 0.628. The van der Waals surface area contributed by atoms with Gasteiger partial charge >= 0.3 is 0 Å². The largest absolute Gasteiger partial charge is 0.385 e. The van der Waals surface area contributed by atoms with Crippen LogP contribution < -0.4 is 0 Å². The average molecular weight is 197 g/mol. The molecule has 6 heteroatoms. The molecule has 0 N–H and O–H groups in total. The molecular weight excluding hydrogens is 182 g/mol. The van der Waals surface area contributed by atoms with Gasteiger partial charge in [0.15, 0.2) is 0 Å². The van der Waals surface area contributed by atoms with Gasteiger partial charge in [0.25, 0.3) is 0 Å². The van der Waals surface area contributed by atoms with E-state index in [9.17, 15) is 8.42 Å². The van der Waals surface area contributed by atoms with Gasteiger partial charge in [0, 0.05) is 20.8 Å². The quantitative estimate of drug-likeness (QED) is 0.439. The normalized spacial score (nSPS) is 12.3. The standard InChI is InChI=1S/C6H15NO4S/c1-7(11-3)12(8,9)6-4-5-10-2/h4-6H2,1-3H3. The Labute approximate surface area is 73.3 Å². The van der Waals surface area contributed by atoms with Crippen molar-refractivity contribution in [2.24, 2.45) is 0 Å². The van der Waals surface area contributed by atoms with Crippen LogP contribution in [0.15, 0.2) is 0 Å². The van der Waals surface area contributed by atoms with Crippen molar-refractivity contribution in [3.05, 3.63) is 0 Å². The minimum atomic E-state index is -3.25. The van der Waals surface area contributed by atoms with Crippen LogP contribution in [0.2, 0.25) is 0 Å². The predicted octanol–water partition coefficient (Wildman–Crippen LogP) is -0.154. The predicted molar refractivity (Wildman–Crippen MR) is 45.1 cm³/mol. The van der Waals surface area contributed by atoms with Crippen LogP contribution in [0.25, 0.3) is 0 Å². The summed E-state index contributed by atoms with van der Waals surface area (Å²) in [5.74, 6) is 0.0468. The molecule has 0 rings (SSSR count). The molecule has 0 saturated heterocycles. The number of sulfonamides is 1. The van der Waals surface area contributed by atoms with E-state index in [0.29, 0.717) is 13.0 Å². The maximum Gasteiger partial charge on any atom is 0.235 e. The first kappa shape index (κ1) is 11.8. The van der Waals surface area contributed by atoms with Gasteiger partial charge in [0.2, 0.25) is 10.0 Å². The molecule has 0 aliphatic carbocycles. The van der Waals surface area contributed by atoms with Gasteiger partial charge in [-0.05, 0) is 6.42 Å². The molecule has 0 bridgehead atoms. The summed E-state index contributed by atoms with van der Waals surface area (Å²) in [7, 11) is 0.959. The smallest absolute Gasteiger partial charge is 0.235 e. The SMILES string of the molecule is COCCCS(=O)(=O)N(C)OC. The maximum absolute atomic E-state index is 11.2. The lowest BCUT2D eigenvalue weighted by Gasteiger charge is -2.13. The van der Waals surface area contributed by atoms with Crippen LogP contribution in [-0.2, 0) is 19.6 Å². The highest BCUT2D eigenvalue weighted by molar-refractivity contribution is 7.88. The molecule has 0 atom stereocenters. The van der Waals surface area contributed by atoms with Gasteiger partial charge in [0.05, 0.1) is 12.9 Å². The summed E-state index contributed by atoms with van der Waals surface area (Å²) in [5, 5.41) is 0. The Bertz CT molecular complexity index is 202. The third-order valence-electron chi connectivity index (χ3n) is 1.40. The molecule has 0 aromatic rings. The second kappa shape index (κ2) is 5.47. The van der Waals surface area contributed by atoms with Gasteiger partial charge in [-0.2, -0.15) is 0 Å². The lowest BCUT2D eigenvalue weighted by molar-refractivity contribution is -0.0259. The van der Waals surface area contributed by atoms with Gasteiger partial charge < -0.3 is 4.74 Å². The molecule has 0 aliphatic heterocycles. The van der Waals surface area contributed by atoms with Crippen LogP contribution in [0.3, 0.4) is 0 Å². The number of rotatable bonds is 6. The van der Waals surface area contributed by atoms with Crippen molar-refractivity contribution in [2.75, 3.05) is 33.6 Å². The summed E-state index contributed by atoms with van der Waals surface area (Å²) >= 11 is 0. The first-order valence-corrected chi connectivity index (χ1v) is 5.15. The highest BCUT2D eigenvalue weighted by Crippen LogP contribution is 1.99. The molecule has 0 fully saturated rings. The van der Waals surface area contributed by atoms with Crippen molar-refractivity contribution in [2.45, 2.75) is 6.42 Å². The molecule has 0 spiro atoms. The number of methoxy groups -OCH3 is 1. The second-order valence-corrected chi connectivity index (χ2v) is 4.34. The molecule has 0 saturated carbocycles. The van der Waals surface area contributed by atoms with E-state index in [1.54, 1.807) is 0 Å². The van der Waals surface area contributed by atoms with Crippen LogP contribution in [0.5, 0.6) is 0 Å². The Kier molecular flexibility index (Phi) is 5.39. The number of ether oxygens (including phenoxy) is 1. The molecule has 0 heterocycles. The highest BCUT2D eigenvalue weighted by Gasteiger charge is 2.16. The van der Waals surface area contributed by atoms with E-state index in [1.165, 1.54) is 21.3 Å². The summed E-state index contributed by atoms with van der Waals surface area (Å²) in [5.41, 5.74) is 0. The minimum Gasteiger partial charge on any atom is -0.385 e. The summed E-state index contributed by atoms with van der Waals surface area (Å²) < 4.78 is 27.9. The van der Waals surface area contributed by atoms with E-state index in [2.05, 4.69) is 4.84 Å². The molecule has 0 radical (unpaired) electrons. The van der Waals surface area contributed by atoms with Crippen LogP contribution in [0, 0.1) is 0 Å². The number of nitrogens with zero attached hydrogens (tertiary/aromatic N) is 1. The molecule has 0 aromatic carbocycles. The molecule has 5 nitrogen and oxygen atoms in total. The van der Waals surface area contributed by atoms with Gasteiger partial charge in [-0.1, -0.05) is 4.47 Å². The highest BCUT2D eigenvalue weighted by atomic mass is 32.2. The average Bonchev–Trinajstić information content (AvgIpc) is 2.03. The molecule has 12 heavy (non-hydrogen) atoms. The van der Waals surface area contributed by atoms with Gasteiger partial charge in [-0.15, -0.1) is 0 Å². The molecule has 74 valence electrons. The Morgan fingerprint density at radius 1 is 1.33 bits per heavy atom. The number of hydroxylamine groups is 1. The molecule has 0 amide bonds. The lowest BCUT2D eigenvalue weighted by Crippen LogP contribution is -2.28. The summed E-state index contributed by atoms with van der Waals surface area (Å²) in [6.07, 6.45) is 0.479. The van der Waals surface area contributed by atoms with E-state index >= 15 is 0 Å². The fraction of sp³-hybridized carbons (Fsp3) is 1.00. The topological polar surface area (TPSA) is 55.8 Å². The van der Waals surface area contributed by atoms with Crippen molar-refractivity contribution in [1.82, 2.24) is 4.47 Å².